The molecule has 0 aromatic heterocycles. The van der Waals surface area contributed by atoms with Crippen molar-refractivity contribution in [2.45, 2.75) is 19.3 Å². The van der Waals surface area contributed by atoms with Crippen LogP contribution in [0.4, 0.5) is 13.2 Å². The van der Waals surface area contributed by atoms with Crippen molar-refractivity contribution in [3.63, 3.8) is 0 Å². The molecule has 2 N–H and O–H groups in total. The third-order valence-corrected chi connectivity index (χ3v) is 2.88. The second-order valence-electron chi connectivity index (χ2n) is 4.29. The van der Waals surface area contributed by atoms with Gasteiger partial charge in [-0.05, 0) is 23.8 Å². The maximum atomic E-state index is 12.8. The van der Waals surface area contributed by atoms with Gasteiger partial charge in [-0.15, -0.1) is 12.4 Å². The molecule has 21 heavy (non-hydrogen) atoms. The average Bonchev–Trinajstić information content (AvgIpc) is 2.45. The van der Waals surface area contributed by atoms with Crippen LogP contribution in [0.2, 0.25) is 0 Å². The third kappa shape index (κ3) is 4.65. The van der Waals surface area contributed by atoms with Gasteiger partial charge in [0.15, 0.2) is 0 Å². The van der Waals surface area contributed by atoms with Gasteiger partial charge in [-0.3, -0.25) is 0 Å². The van der Waals surface area contributed by atoms with Crippen LogP contribution in [0.15, 0.2) is 48.5 Å². The number of halogens is 4. The molecule has 0 heterocycles. The van der Waals surface area contributed by atoms with Crippen LogP contribution in [-0.4, -0.2) is 0 Å². The van der Waals surface area contributed by atoms with E-state index in [0.29, 0.717) is 12.3 Å². The Morgan fingerprint density at radius 1 is 0.952 bits per heavy atom. The third-order valence-electron chi connectivity index (χ3n) is 2.88. The molecule has 0 spiro atoms. The van der Waals surface area contributed by atoms with Crippen LogP contribution in [0, 0.1) is 0 Å². The van der Waals surface area contributed by atoms with Gasteiger partial charge in [-0.25, -0.2) is 0 Å². The maximum Gasteiger partial charge on any atom is 0.416 e. The molecule has 0 atom stereocenters. The second kappa shape index (κ2) is 7.33. The van der Waals surface area contributed by atoms with Gasteiger partial charge in [0.05, 0.1) is 5.56 Å². The van der Waals surface area contributed by atoms with Crippen molar-refractivity contribution in [1.82, 2.24) is 0 Å². The van der Waals surface area contributed by atoms with E-state index in [2.05, 4.69) is 0 Å². The fourth-order valence-corrected chi connectivity index (χ4v) is 1.81. The molecule has 2 aromatic carbocycles. The van der Waals surface area contributed by atoms with E-state index in [-0.39, 0.29) is 24.6 Å². The molecule has 2 rings (SSSR count). The first-order valence-corrected chi connectivity index (χ1v) is 6.07. The van der Waals surface area contributed by atoms with Gasteiger partial charge in [0, 0.05) is 12.1 Å². The van der Waals surface area contributed by atoms with Crippen molar-refractivity contribution in [2.75, 3.05) is 0 Å². The summed E-state index contributed by atoms with van der Waals surface area (Å²) in [7, 11) is 0. The molecule has 0 saturated carbocycles. The van der Waals surface area contributed by atoms with Crippen LogP contribution < -0.4 is 10.5 Å². The summed E-state index contributed by atoms with van der Waals surface area (Å²) < 4.78 is 43.8. The van der Waals surface area contributed by atoms with Gasteiger partial charge >= 0.3 is 6.18 Å². The normalized spacial score (nSPS) is 10.9. The topological polar surface area (TPSA) is 35.2 Å². The Labute approximate surface area is 127 Å². The molecule has 0 aliphatic heterocycles. The Morgan fingerprint density at radius 2 is 1.57 bits per heavy atom. The van der Waals surface area contributed by atoms with E-state index < -0.39 is 11.7 Å². The summed E-state index contributed by atoms with van der Waals surface area (Å²) in [6, 6.07) is 12.3. The van der Waals surface area contributed by atoms with Crippen LogP contribution in [0.1, 0.15) is 16.7 Å². The Kier molecular flexibility index (Phi) is 6.05. The maximum absolute atomic E-state index is 12.8. The fraction of sp³-hybridized carbons (Fsp3) is 0.200. The van der Waals surface area contributed by atoms with Gasteiger partial charge in [0.1, 0.15) is 12.4 Å². The zero-order valence-electron chi connectivity index (χ0n) is 11.1. The molecule has 0 bridgehead atoms. The summed E-state index contributed by atoms with van der Waals surface area (Å²) in [4.78, 5) is 0. The van der Waals surface area contributed by atoms with Crippen molar-refractivity contribution in [3.05, 3.63) is 65.2 Å². The molecule has 0 unspecified atom stereocenters. The lowest BCUT2D eigenvalue weighted by atomic mass is 10.1. The predicted molar refractivity (Wildman–Crippen MR) is 77.4 cm³/mol. The minimum Gasteiger partial charge on any atom is -0.489 e. The van der Waals surface area contributed by atoms with Crippen molar-refractivity contribution in [3.8, 4) is 5.75 Å². The highest BCUT2D eigenvalue weighted by Crippen LogP contribution is 2.32. The lowest BCUT2D eigenvalue weighted by Crippen LogP contribution is -2.10. The van der Waals surface area contributed by atoms with Crippen molar-refractivity contribution in [2.24, 2.45) is 5.73 Å². The first-order chi connectivity index (χ1) is 9.50. The molecule has 6 heteroatoms. The lowest BCUT2D eigenvalue weighted by molar-refractivity contribution is -0.138. The predicted octanol–water partition coefficient (Wildman–Crippen LogP) is 4.16. The Morgan fingerprint density at radius 3 is 2.14 bits per heavy atom. The molecule has 0 aliphatic rings. The Balaban J connectivity index is 0.00000220. The minimum atomic E-state index is -4.37. The number of rotatable bonds is 4. The zero-order valence-corrected chi connectivity index (χ0v) is 11.9. The summed E-state index contributed by atoms with van der Waals surface area (Å²) in [5.41, 5.74) is 5.85. The first-order valence-electron chi connectivity index (χ1n) is 6.07. The number of hydrogen-bond donors (Lipinski definition) is 1. The van der Waals surface area contributed by atoms with E-state index >= 15 is 0 Å². The summed E-state index contributed by atoms with van der Waals surface area (Å²) >= 11 is 0. The molecular weight excluding hydrogens is 303 g/mol. The lowest BCUT2D eigenvalue weighted by Gasteiger charge is -2.13. The molecule has 0 amide bonds. The van der Waals surface area contributed by atoms with Crippen LogP contribution in [0.25, 0.3) is 0 Å². The highest BCUT2D eigenvalue weighted by molar-refractivity contribution is 5.85. The van der Waals surface area contributed by atoms with Crippen molar-refractivity contribution < 1.29 is 17.9 Å². The van der Waals surface area contributed by atoms with E-state index in [1.807, 2.05) is 0 Å². The van der Waals surface area contributed by atoms with Gasteiger partial charge in [0.2, 0.25) is 0 Å². The van der Waals surface area contributed by atoms with Crippen LogP contribution in [0.3, 0.4) is 0 Å². The van der Waals surface area contributed by atoms with E-state index in [0.717, 1.165) is 11.6 Å². The van der Waals surface area contributed by atoms with E-state index in [4.69, 9.17) is 10.5 Å². The molecule has 0 radical (unpaired) electrons. The van der Waals surface area contributed by atoms with Crippen LogP contribution >= 0.6 is 12.4 Å². The average molecular weight is 318 g/mol. The molecule has 0 fully saturated rings. The van der Waals surface area contributed by atoms with Crippen LogP contribution in [-0.2, 0) is 19.3 Å². The molecule has 0 aliphatic carbocycles. The summed E-state index contributed by atoms with van der Waals surface area (Å²) in [6.07, 6.45) is -4.37. The molecule has 114 valence electrons. The highest BCUT2D eigenvalue weighted by atomic mass is 35.5. The molecule has 0 saturated heterocycles. The molecule has 2 aromatic rings. The number of hydrogen-bond acceptors (Lipinski definition) is 2. The Hall–Kier alpha value is -1.72. The summed E-state index contributed by atoms with van der Waals surface area (Å²) in [6.45, 7) is 0.287. The SMILES string of the molecule is Cl.NCc1ccc(OCc2ccccc2C(F)(F)F)cc1. The Bertz CT molecular complexity index is 570. The minimum absolute atomic E-state index is 0. The van der Waals surface area contributed by atoms with Gasteiger partial charge in [-0.1, -0.05) is 30.3 Å². The number of alkyl halides is 3. The molecule has 2 nitrogen and oxygen atoms in total. The van der Waals surface area contributed by atoms with E-state index in [1.54, 1.807) is 30.3 Å². The van der Waals surface area contributed by atoms with E-state index in [1.165, 1.54) is 12.1 Å². The quantitative estimate of drug-likeness (QED) is 0.918. The fourth-order valence-electron chi connectivity index (χ4n) is 1.81. The monoisotopic (exact) mass is 317 g/mol. The smallest absolute Gasteiger partial charge is 0.416 e. The first kappa shape index (κ1) is 17.3. The second-order valence-corrected chi connectivity index (χ2v) is 4.29. The van der Waals surface area contributed by atoms with Gasteiger partial charge in [-0.2, -0.15) is 13.2 Å². The zero-order chi connectivity index (χ0) is 14.6. The van der Waals surface area contributed by atoms with E-state index in [9.17, 15) is 13.2 Å². The van der Waals surface area contributed by atoms with Crippen LogP contribution in [0.5, 0.6) is 5.75 Å². The number of benzene rings is 2. The summed E-state index contributed by atoms with van der Waals surface area (Å²) in [5.74, 6) is 0.513. The standard InChI is InChI=1S/C15H14F3NO.ClH/c16-15(17,18)14-4-2-1-3-12(14)10-20-13-7-5-11(9-19)6-8-13;/h1-8H,9-10,19H2;1H. The largest absolute Gasteiger partial charge is 0.489 e. The summed E-state index contributed by atoms with van der Waals surface area (Å²) in [5, 5.41) is 0. The van der Waals surface area contributed by atoms with Gasteiger partial charge < -0.3 is 10.5 Å². The number of nitrogens with two attached hydrogens (primary N) is 1. The number of ether oxygens (including phenoxy) is 1. The van der Waals surface area contributed by atoms with Gasteiger partial charge in [0.25, 0.3) is 0 Å². The van der Waals surface area contributed by atoms with Crippen molar-refractivity contribution >= 4 is 12.4 Å². The van der Waals surface area contributed by atoms with Crippen molar-refractivity contribution in [1.29, 1.82) is 0 Å². The highest BCUT2D eigenvalue weighted by Gasteiger charge is 2.32. The molecular formula is C15H15ClF3NO.